The first-order valence-electron chi connectivity index (χ1n) is 6.61. The number of benzene rings is 1. The van der Waals surface area contributed by atoms with Crippen LogP contribution in [0, 0.1) is 0 Å². The maximum absolute atomic E-state index is 12.7. The fourth-order valence-corrected chi connectivity index (χ4v) is 6.04. The summed E-state index contributed by atoms with van der Waals surface area (Å²) in [5.41, 5.74) is 0.371. The Bertz CT molecular complexity index is 702. The number of halogens is 1. The molecule has 4 nitrogen and oxygen atoms in total. The lowest BCUT2D eigenvalue weighted by atomic mass is 9.94. The quantitative estimate of drug-likeness (QED) is 0.763. The standard InChI is InChI=1S/C14H14BrNO3S/c15-12-4-2-1-3-10(12)8-16-9-14-6-5-11(19-14)7-13(14)20(16,17)18/h1-6,11,13H,7-9H2/t11?,13-,14-/m0/s1. The number of hydrogen-bond donors (Lipinski definition) is 0. The molecule has 0 saturated carbocycles. The molecular formula is C14H14BrNO3S. The molecule has 0 N–H and O–H groups in total. The molecule has 3 atom stereocenters. The third-order valence-corrected chi connectivity index (χ3v) is 7.46. The van der Waals surface area contributed by atoms with Gasteiger partial charge in [0.1, 0.15) is 10.9 Å². The first-order chi connectivity index (χ1) is 9.51. The highest BCUT2D eigenvalue weighted by Crippen LogP contribution is 2.48. The molecule has 1 aromatic carbocycles. The van der Waals surface area contributed by atoms with Crippen LogP contribution in [0.3, 0.4) is 0 Å². The van der Waals surface area contributed by atoms with Gasteiger partial charge in [-0.05, 0) is 18.1 Å². The van der Waals surface area contributed by atoms with Crippen molar-refractivity contribution in [3.63, 3.8) is 0 Å². The summed E-state index contributed by atoms with van der Waals surface area (Å²) in [7, 11) is -3.28. The smallest absolute Gasteiger partial charge is 0.220 e. The Labute approximate surface area is 126 Å². The number of sulfonamides is 1. The highest BCUT2D eigenvalue weighted by atomic mass is 79.9. The minimum atomic E-state index is -3.28. The van der Waals surface area contributed by atoms with E-state index in [1.165, 1.54) is 0 Å². The van der Waals surface area contributed by atoms with Gasteiger partial charge in [-0.15, -0.1) is 0 Å². The minimum Gasteiger partial charge on any atom is -0.361 e. The normalized spacial score (nSPS) is 37.5. The summed E-state index contributed by atoms with van der Waals surface area (Å²) in [6.07, 6.45) is 4.52. The maximum Gasteiger partial charge on any atom is 0.220 e. The number of ether oxygens (including phenoxy) is 1. The number of nitrogens with zero attached hydrogens (tertiary/aromatic N) is 1. The summed E-state index contributed by atoms with van der Waals surface area (Å²) in [4.78, 5) is 0. The highest BCUT2D eigenvalue weighted by Gasteiger charge is 2.63. The van der Waals surface area contributed by atoms with Crippen LogP contribution in [0.2, 0.25) is 0 Å². The second-order valence-electron chi connectivity index (χ2n) is 5.60. The Morgan fingerprint density at radius 3 is 2.90 bits per heavy atom. The van der Waals surface area contributed by atoms with Gasteiger partial charge < -0.3 is 4.74 Å². The topological polar surface area (TPSA) is 46.6 Å². The van der Waals surface area contributed by atoms with Gasteiger partial charge in [-0.25, -0.2) is 8.42 Å². The van der Waals surface area contributed by atoms with Crippen molar-refractivity contribution in [2.45, 2.75) is 29.9 Å². The van der Waals surface area contributed by atoms with Gasteiger partial charge >= 0.3 is 0 Å². The summed E-state index contributed by atoms with van der Waals surface area (Å²) in [5, 5.41) is -0.410. The average molecular weight is 356 g/mol. The summed E-state index contributed by atoms with van der Waals surface area (Å²) in [6, 6.07) is 7.72. The van der Waals surface area contributed by atoms with E-state index in [1.807, 2.05) is 36.4 Å². The van der Waals surface area contributed by atoms with Gasteiger partial charge in [0.2, 0.25) is 10.0 Å². The summed E-state index contributed by atoms with van der Waals surface area (Å²) in [5.74, 6) is 0. The SMILES string of the molecule is O=S1(=O)[C@H]2CC3C=C[C@@]2(CN1Cc1ccccc1Br)O3. The second-order valence-corrected chi connectivity index (χ2v) is 8.57. The predicted molar refractivity (Wildman–Crippen MR) is 78.6 cm³/mol. The zero-order valence-corrected chi connectivity index (χ0v) is 13.1. The van der Waals surface area contributed by atoms with Crippen LogP contribution in [0.1, 0.15) is 12.0 Å². The molecule has 4 rings (SSSR count). The summed E-state index contributed by atoms with van der Waals surface area (Å²) < 4.78 is 33.7. The predicted octanol–water partition coefficient (Wildman–Crippen LogP) is 2.06. The monoisotopic (exact) mass is 355 g/mol. The molecule has 3 aliphatic rings. The fraction of sp³-hybridized carbons (Fsp3) is 0.429. The van der Waals surface area contributed by atoms with E-state index in [9.17, 15) is 8.42 Å². The van der Waals surface area contributed by atoms with Crippen molar-refractivity contribution in [3.05, 3.63) is 46.5 Å². The van der Waals surface area contributed by atoms with Crippen molar-refractivity contribution in [1.29, 1.82) is 0 Å². The van der Waals surface area contributed by atoms with E-state index in [1.54, 1.807) is 4.31 Å². The lowest BCUT2D eigenvalue weighted by molar-refractivity contribution is 0.0298. The number of fused-ring (bicyclic) bond motifs is 1. The molecular weight excluding hydrogens is 342 g/mol. The van der Waals surface area contributed by atoms with E-state index in [0.29, 0.717) is 19.5 Å². The van der Waals surface area contributed by atoms with Crippen LogP contribution in [0.25, 0.3) is 0 Å². The lowest BCUT2D eigenvalue weighted by Gasteiger charge is -2.19. The Balaban J connectivity index is 1.68. The lowest BCUT2D eigenvalue weighted by Crippen LogP contribution is -2.36. The Kier molecular flexibility index (Phi) is 2.71. The number of hydrogen-bond acceptors (Lipinski definition) is 3. The Morgan fingerprint density at radius 2 is 2.20 bits per heavy atom. The first-order valence-corrected chi connectivity index (χ1v) is 8.90. The van der Waals surface area contributed by atoms with Gasteiger partial charge in [0, 0.05) is 17.6 Å². The molecule has 20 heavy (non-hydrogen) atoms. The van der Waals surface area contributed by atoms with E-state index in [2.05, 4.69) is 15.9 Å². The van der Waals surface area contributed by atoms with Crippen molar-refractivity contribution < 1.29 is 13.2 Å². The first kappa shape index (κ1) is 13.0. The molecule has 2 saturated heterocycles. The molecule has 0 aromatic heterocycles. The van der Waals surface area contributed by atoms with Crippen molar-refractivity contribution in [1.82, 2.24) is 4.31 Å². The molecule has 0 amide bonds. The average Bonchev–Trinajstić information content (AvgIpc) is 3.03. The third kappa shape index (κ3) is 1.68. The van der Waals surface area contributed by atoms with Gasteiger partial charge in [-0.2, -0.15) is 4.31 Å². The molecule has 0 radical (unpaired) electrons. The zero-order valence-electron chi connectivity index (χ0n) is 10.7. The van der Waals surface area contributed by atoms with E-state index in [-0.39, 0.29) is 6.10 Å². The van der Waals surface area contributed by atoms with E-state index >= 15 is 0 Å². The number of rotatable bonds is 2. The third-order valence-electron chi connectivity index (χ3n) is 4.40. The summed E-state index contributed by atoms with van der Waals surface area (Å²) in [6.45, 7) is 0.818. The second kappa shape index (κ2) is 4.16. The van der Waals surface area contributed by atoms with Crippen LogP contribution in [-0.4, -0.2) is 36.2 Å². The van der Waals surface area contributed by atoms with E-state index in [0.717, 1.165) is 10.0 Å². The zero-order chi connectivity index (χ0) is 14.0. The van der Waals surface area contributed by atoms with Gasteiger partial charge in [-0.1, -0.05) is 46.3 Å². The van der Waals surface area contributed by atoms with Crippen molar-refractivity contribution in [2.24, 2.45) is 0 Å². The molecule has 3 aliphatic heterocycles. The molecule has 6 heteroatoms. The van der Waals surface area contributed by atoms with Crippen molar-refractivity contribution in [3.8, 4) is 0 Å². The molecule has 106 valence electrons. The largest absolute Gasteiger partial charge is 0.361 e. The van der Waals surface area contributed by atoms with E-state index in [4.69, 9.17) is 4.74 Å². The molecule has 1 aromatic rings. The molecule has 1 spiro atoms. The van der Waals surface area contributed by atoms with Crippen molar-refractivity contribution >= 4 is 26.0 Å². The van der Waals surface area contributed by atoms with Gasteiger partial charge in [0.05, 0.1) is 6.10 Å². The Hall–Kier alpha value is -0.690. The fourth-order valence-electron chi connectivity index (χ4n) is 3.42. The molecule has 1 unspecified atom stereocenters. The van der Waals surface area contributed by atoms with Crippen molar-refractivity contribution in [2.75, 3.05) is 6.54 Å². The summed E-state index contributed by atoms with van der Waals surface area (Å²) >= 11 is 3.47. The maximum atomic E-state index is 12.7. The Morgan fingerprint density at radius 1 is 1.40 bits per heavy atom. The molecule has 0 aliphatic carbocycles. The molecule has 3 heterocycles. The van der Waals surface area contributed by atoms with Crippen LogP contribution < -0.4 is 0 Å². The van der Waals surface area contributed by atoms with Gasteiger partial charge in [0.15, 0.2) is 0 Å². The minimum absolute atomic E-state index is 0.0135. The van der Waals surface area contributed by atoms with Gasteiger partial charge in [-0.3, -0.25) is 0 Å². The van der Waals surface area contributed by atoms with E-state index < -0.39 is 20.9 Å². The molecule has 2 fully saturated rings. The van der Waals surface area contributed by atoms with Crippen LogP contribution in [0.15, 0.2) is 40.9 Å². The van der Waals surface area contributed by atoms with Crippen LogP contribution in [0.4, 0.5) is 0 Å². The van der Waals surface area contributed by atoms with Crippen LogP contribution in [-0.2, 0) is 21.3 Å². The van der Waals surface area contributed by atoms with Crippen LogP contribution in [0.5, 0.6) is 0 Å². The highest BCUT2D eigenvalue weighted by molar-refractivity contribution is 9.10. The molecule has 2 bridgehead atoms. The van der Waals surface area contributed by atoms with Crippen LogP contribution >= 0.6 is 15.9 Å². The van der Waals surface area contributed by atoms with Gasteiger partial charge in [0.25, 0.3) is 0 Å².